The zero-order chi connectivity index (χ0) is 24.4. The van der Waals surface area contributed by atoms with Gasteiger partial charge >= 0.3 is 5.97 Å². The number of hydrogen-bond donors (Lipinski definition) is 0. The Labute approximate surface area is 223 Å². The van der Waals surface area contributed by atoms with Gasteiger partial charge in [-0.1, -0.05) is 35.9 Å². The molecule has 9 heteroatoms. The summed E-state index contributed by atoms with van der Waals surface area (Å²) < 4.78 is 13.1. The minimum Gasteiger partial charge on any atom is -0.487 e. The molecule has 0 spiro atoms. The SMILES string of the molecule is Cc1ccc(COc2c(I)cc(/C=C3\N=C(c4ccc(C)c([N+](=O)[O-])c4)OC3=O)cc2I)cc1. The number of hydrogen-bond acceptors (Lipinski definition) is 6. The highest BCUT2D eigenvalue weighted by Crippen LogP contribution is 2.31. The van der Waals surface area contributed by atoms with Crippen LogP contribution in [0.15, 0.2) is 65.3 Å². The van der Waals surface area contributed by atoms with Crippen LogP contribution in [-0.4, -0.2) is 16.8 Å². The zero-order valence-corrected chi connectivity index (χ0v) is 22.5. The third-order valence-corrected chi connectivity index (χ3v) is 6.70. The molecule has 0 aliphatic carbocycles. The molecule has 4 rings (SSSR count). The Kier molecular flexibility index (Phi) is 7.31. The van der Waals surface area contributed by atoms with E-state index in [-0.39, 0.29) is 17.3 Å². The molecule has 0 N–H and O–H groups in total. The van der Waals surface area contributed by atoms with Gasteiger partial charge in [-0.05, 0) is 94.4 Å². The first-order valence-corrected chi connectivity index (χ1v) is 12.3. The van der Waals surface area contributed by atoms with Crippen molar-refractivity contribution in [3.8, 4) is 5.75 Å². The number of esters is 1. The maximum atomic E-state index is 12.4. The Morgan fingerprint density at radius 1 is 1.06 bits per heavy atom. The molecule has 0 radical (unpaired) electrons. The fraction of sp³-hybridized carbons (Fsp3) is 0.120. The van der Waals surface area contributed by atoms with Gasteiger partial charge in [0.15, 0.2) is 5.70 Å². The van der Waals surface area contributed by atoms with E-state index in [2.05, 4.69) is 50.2 Å². The van der Waals surface area contributed by atoms with Crippen molar-refractivity contribution in [1.29, 1.82) is 0 Å². The van der Waals surface area contributed by atoms with Crippen molar-refractivity contribution in [2.45, 2.75) is 20.5 Å². The van der Waals surface area contributed by atoms with E-state index in [0.717, 1.165) is 24.0 Å². The zero-order valence-electron chi connectivity index (χ0n) is 18.2. The van der Waals surface area contributed by atoms with Crippen molar-refractivity contribution in [3.05, 3.63) is 105 Å². The Morgan fingerprint density at radius 2 is 1.74 bits per heavy atom. The van der Waals surface area contributed by atoms with Crippen LogP contribution in [0.1, 0.15) is 27.8 Å². The van der Waals surface area contributed by atoms with Crippen LogP contribution in [0.3, 0.4) is 0 Å². The summed E-state index contributed by atoms with van der Waals surface area (Å²) in [6.45, 7) is 4.14. The summed E-state index contributed by atoms with van der Waals surface area (Å²) in [7, 11) is 0. The van der Waals surface area contributed by atoms with Crippen LogP contribution >= 0.6 is 45.2 Å². The third-order valence-electron chi connectivity index (χ3n) is 5.10. The molecule has 0 saturated carbocycles. The number of aliphatic imine (C=N–C) groups is 1. The first kappa shape index (κ1) is 24.3. The highest BCUT2D eigenvalue weighted by atomic mass is 127. The van der Waals surface area contributed by atoms with Crippen LogP contribution in [0.5, 0.6) is 5.75 Å². The number of carbonyl (C=O) groups is 1. The second kappa shape index (κ2) is 10.2. The number of halogens is 2. The molecule has 0 saturated heterocycles. The largest absolute Gasteiger partial charge is 0.487 e. The summed E-state index contributed by atoms with van der Waals surface area (Å²) in [6.07, 6.45) is 1.63. The van der Waals surface area contributed by atoms with Crippen molar-refractivity contribution in [2.75, 3.05) is 0 Å². The van der Waals surface area contributed by atoms with Gasteiger partial charge in [0.1, 0.15) is 12.4 Å². The molecular formula is C25H18I2N2O5. The number of nitro benzene ring substituents is 1. The van der Waals surface area contributed by atoms with Gasteiger partial charge in [0.25, 0.3) is 5.69 Å². The number of benzene rings is 3. The quantitative estimate of drug-likeness (QED) is 0.0997. The predicted octanol–water partition coefficient (Wildman–Crippen LogP) is 6.34. The van der Waals surface area contributed by atoms with Gasteiger partial charge in [0.05, 0.1) is 12.1 Å². The molecule has 0 aromatic heterocycles. The number of nitro groups is 1. The molecule has 0 atom stereocenters. The van der Waals surface area contributed by atoms with Crippen LogP contribution in [0.2, 0.25) is 0 Å². The molecular weight excluding hydrogens is 662 g/mol. The lowest BCUT2D eigenvalue weighted by atomic mass is 10.1. The average Bonchev–Trinajstić information content (AvgIpc) is 3.14. The van der Waals surface area contributed by atoms with Crippen LogP contribution in [0.25, 0.3) is 6.08 Å². The number of aryl methyl sites for hydroxylation is 2. The van der Waals surface area contributed by atoms with E-state index < -0.39 is 10.9 Å². The van der Waals surface area contributed by atoms with Crippen LogP contribution in [0, 0.1) is 31.1 Å². The number of cyclic esters (lactones) is 1. The molecule has 1 heterocycles. The van der Waals surface area contributed by atoms with E-state index in [1.54, 1.807) is 25.1 Å². The smallest absolute Gasteiger partial charge is 0.363 e. The van der Waals surface area contributed by atoms with Crippen molar-refractivity contribution < 1.29 is 19.2 Å². The predicted molar refractivity (Wildman–Crippen MR) is 146 cm³/mol. The van der Waals surface area contributed by atoms with E-state index in [0.29, 0.717) is 17.7 Å². The lowest BCUT2D eigenvalue weighted by molar-refractivity contribution is -0.385. The average molecular weight is 680 g/mol. The summed E-state index contributed by atoms with van der Waals surface area (Å²) in [5.41, 5.74) is 4.00. The van der Waals surface area contributed by atoms with Gasteiger partial charge in [0, 0.05) is 17.2 Å². The molecule has 1 aliphatic rings. The summed E-state index contributed by atoms with van der Waals surface area (Å²) in [6, 6.07) is 16.6. The molecule has 34 heavy (non-hydrogen) atoms. The van der Waals surface area contributed by atoms with Gasteiger partial charge in [-0.25, -0.2) is 9.79 Å². The first-order chi connectivity index (χ1) is 16.2. The van der Waals surface area contributed by atoms with E-state index in [1.807, 2.05) is 43.3 Å². The fourth-order valence-electron chi connectivity index (χ4n) is 3.27. The van der Waals surface area contributed by atoms with Crippen LogP contribution < -0.4 is 4.74 Å². The Morgan fingerprint density at radius 3 is 2.38 bits per heavy atom. The van der Waals surface area contributed by atoms with Crippen LogP contribution in [0.4, 0.5) is 5.69 Å². The molecule has 1 aliphatic heterocycles. The van der Waals surface area contributed by atoms with Crippen LogP contribution in [-0.2, 0) is 16.1 Å². The van der Waals surface area contributed by atoms with Crippen molar-refractivity contribution >= 4 is 68.8 Å². The van der Waals surface area contributed by atoms with Gasteiger partial charge in [0.2, 0.25) is 5.90 Å². The van der Waals surface area contributed by atoms with Crippen molar-refractivity contribution in [1.82, 2.24) is 0 Å². The Bertz CT molecular complexity index is 1340. The Hall–Kier alpha value is -2.80. The minimum atomic E-state index is -0.608. The molecule has 0 unspecified atom stereocenters. The molecule has 0 bridgehead atoms. The highest BCUT2D eigenvalue weighted by Gasteiger charge is 2.26. The van der Waals surface area contributed by atoms with Gasteiger partial charge < -0.3 is 9.47 Å². The standard InChI is InChI=1S/C25H18I2N2O5/c1-14-3-6-16(7-4-14)13-33-23-19(26)9-17(10-20(23)27)11-21-25(30)34-24(28-21)18-8-5-15(2)22(12-18)29(31)32/h3-12H,13H2,1-2H3/b21-11-. The molecule has 3 aromatic carbocycles. The summed E-state index contributed by atoms with van der Waals surface area (Å²) in [5.74, 6) is 0.207. The van der Waals surface area contributed by atoms with Gasteiger partial charge in [-0.15, -0.1) is 0 Å². The second-order valence-corrected chi connectivity index (χ2v) is 10.0. The van der Waals surface area contributed by atoms with E-state index in [1.165, 1.54) is 11.6 Å². The monoisotopic (exact) mass is 680 g/mol. The van der Waals surface area contributed by atoms with Gasteiger partial charge in [-0.2, -0.15) is 0 Å². The minimum absolute atomic E-state index is 0.0433. The molecule has 7 nitrogen and oxygen atoms in total. The van der Waals surface area contributed by atoms with Crippen molar-refractivity contribution in [3.63, 3.8) is 0 Å². The fourth-order valence-corrected chi connectivity index (χ4v) is 5.40. The molecule has 3 aromatic rings. The normalized spacial score (nSPS) is 14.2. The third kappa shape index (κ3) is 5.46. The lowest BCUT2D eigenvalue weighted by Crippen LogP contribution is -2.06. The highest BCUT2D eigenvalue weighted by molar-refractivity contribution is 14.1. The second-order valence-electron chi connectivity index (χ2n) is 7.68. The maximum absolute atomic E-state index is 12.4. The summed E-state index contributed by atoms with van der Waals surface area (Å²) in [5, 5.41) is 11.2. The maximum Gasteiger partial charge on any atom is 0.363 e. The van der Waals surface area contributed by atoms with E-state index in [4.69, 9.17) is 9.47 Å². The van der Waals surface area contributed by atoms with E-state index in [9.17, 15) is 14.9 Å². The van der Waals surface area contributed by atoms with Gasteiger partial charge in [-0.3, -0.25) is 10.1 Å². The summed E-state index contributed by atoms with van der Waals surface area (Å²) in [4.78, 5) is 27.4. The lowest BCUT2D eigenvalue weighted by Gasteiger charge is -2.12. The topological polar surface area (TPSA) is 91.0 Å². The number of ether oxygens (including phenoxy) is 2. The first-order valence-electron chi connectivity index (χ1n) is 10.2. The molecule has 0 fully saturated rings. The van der Waals surface area contributed by atoms with Crippen molar-refractivity contribution in [2.24, 2.45) is 4.99 Å². The Balaban J connectivity index is 1.57. The summed E-state index contributed by atoms with van der Waals surface area (Å²) >= 11 is 4.41. The number of rotatable bonds is 6. The number of carbonyl (C=O) groups excluding carboxylic acids is 1. The molecule has 172 valence electrons. The molecule has 0 amide bonds. The number of nitrogens with zero attached hydrogens (tertiary/aromatic N) is 2. The van der Waals surface area contributed by atoms with E-state index >= 15 is 0 Å².